The Bertz CT molecular complexity index is 225. The third-order valence-corrected chi connectivity index (χ3v) is 1.97. The van der Waals surface area contributed by atoms with Gasteiger partial charge in [0.25, 0.3) is 0 Å². The smallest absolute Gasteiger partial charge is 0.0770 e. The zero-order chi connectivity index (χ0) is 8.97. The standard InChI is InChI=1S/C7H11N3.C2H6/c1-6-2-3-9-10(6)7-4-8-5-7;1-2/h2-3,7-8H,4-5H2,1H3;1-2H3. The molecule has 3 nitrogen and oxygen atoms in total. The molecule has 0 saturated carbocycles. The van der Waals surface area contributed by atoms with E-state index in [0.29, 0.717) is 6.04 Å². The first-order valence-corrected chi connectivity index (χ1v) is 4.59. The van der Waals surface area contributed by atoms with Gasteiger partial charge < -0.3 is 5.32 Å². The molecule has 1 aliphatic rings. The molecule has 0 atom stereocenters. The lowest BCUT2D eigenvalue weighted by Gasteiger charge is -2.28. The number of hydrogen-bond acceptors (Lipinski definition) is 2. The molecule has 1 aromatic rings. The van der Waals surface area contributed by atoms with E-state index in [1.807, 2.05) is 26.1 Å². The molecule has 2 rings (SSSR count). The van der Waals surface area contributed by atoms with Crippen LogP contribution in [0.1, 0.15) is 25.6 Å². The Morgan fingerprint density at radius 1 is 1.50 bits per heavy atom. The van der Waals surface area contributed by atoms with E-state index >= 15 is 0 Å². The van der Waals surface area contributed by atoms with Crippen molar-refractivity contribution in [2.75, 3.05) is 13.1 Å². The summed E-state index contributed by atoms with van der Waals surface area (Å²) in [5.74, 6) is 0. The van der Waals surface area contributed by atoms with E-state index in [-0.39, 0.29) is 0 Å². The molecule has 0 amide bonds. The molecule has 3 heteroatoms. The molecule has 12 heavy (non-hydrogen) atoms. The highest BCUT2D eigenvalue weighted by atomic mass is 15.3. The number of nitrogens with zero attached hydrogens (tertiary/aromatic N) is 2. The van der Waals surface area contributed by atoms with Gasteiger partial charge in [-0.1, -0.05) is 13.8 Å². The van der Waals surface area contributed by atoms with E-state index in [0.717, 1.165) is 13.1 Å². The van der Waals surface area contributed by atoms with Crippen molar-refractivity contribution in [3.05, 3.63) is 18.0 Å². The van der Waals surface area contributed by atoms with Crippen LogP contribution in [0.15, 0.2) is 12.3 Å². The van der Waals surface area contributed by atoms with Crippen LogP contribution in [0.5, 0.6) is 0 Å². The highest BCUT2D eigenvalue weighted by Crippen LogP contribution is 2.11. The Morgan fingerprint density at radius 2 is 2.17 bits per heavy atom. The van der Waals surface area contributed by atoms with Crippen LogP contribution >= 0.6 is 0 Å². The summed E-state index contributed by atoms with van der Waals surface area (Å²) in [7, 11) is 0. The second-order valence-corrected chi connectivity index (χ2v) is 2.73. The van der Waals surface area contributed by atoms with Gasteiger partial charge in [-0.2, -0.15) is 5.10 Å². The van der Waals surface area contributed by atoms with Gasteiger partial charge in [0.05, 0.1) is 6.04 Å². The van der Waals surface area contributed by atoms with E-state index in [1.165, 1.54) is 5.69 Å². The molecule has 0 bridgehead atoms. The summed E-state index contributed by atoms with van der Waals surface area (Å²) in [4.78, 5) is 0. The Kier molecular flexibility index (Phi) is 3.29. The van der Waals surface area contributed by atoms with Crippen LogP contribution in [0.3, 0.4) is 0 Å². The molecule has 0 spiro atoms. The van der Waals surface area contributed by atoms with Gasteiger partial charge in [-0.25, -0.2) is 0 Å². The van der Waals surface area contributed by atoms with Crippen molar-refractivity contribution >= 4 is 0 Å². The fourth-order valence-electron chi connectivity index (χ4n) is 1.21. The van der Waals surface area contributed by atoms with Crippen LogP contribution in [0.4, 0.5) is 0 Å². The maximum Gasteiger partial charge on any atom is 0.0770 e. The number of hydrogen-bond donors (Lipinski definition) is 1. The molecule has 2 heterocycles. The average molecular weight is 167 g/mol. The summed E-state index contributed by atoms with van der Waals surface area (Å²) in [6.45, 7) is 8.23. The van der Waals surface area contributed by atoms with Gasteiger partial charge in [0, 0.05) is 25.0 Å². The van der Waals surface area contributed by atoms with Gasteiger partial charge in [-0.05, 0) is 13.0 Å². The van der Waals surface area contributed by atoms with Crippen molar-refractivity contribution in [3.63, 3.8) is 0 Å². The SMILES string of the molecule is CC.Cc1ccnn1C1CNC1. The third kappa shape index (κ3) is 1.67. The van der Waals surface area contributed by atoms with Crippen molar-refractivity contribution in [2.45, 2.75) is 26.8 Å². The molecule has 0 aromatic carbocycles. The van der Waals surface area contributed by atoms with Crippen LogP contribution in [0, 0.1) is 6.92 Å². The minimum atomic E-state index is 0.606. The first-order valence-electron chi connectivity index (χ1n) is 4.59. The Hall–Kier alpha value is -0.830. The van der Waals surface area contributed by atoms with E-state index in [4.69, 9.17) is 0 Å². The van der Waals surface area contributed by atoms with Crippen LogP contribution in [0.2, 0.25) is 0 Å². The van der Waals surface area contributed by atoms with Gasteiger partial charge in [-0.15, -0.1) is 0 Å². The monoisotopic (exact) mass is 167 g/mol. The first kappa shape index (κ1) is 9.26. The first-order chi connectivity index (χ1) is 5.88. The molecule has 0 radical (unpaired) electrons. The molecule has 1 N–H and O–H groups in total. The molecule has 1 aliphatic heterocycles. The zero-order valence-electron chi connectivity index (χ0n) is 8.04. The fourth-order valence-corrected chi connectivity index (χ4v) is 1.21. The van der Waals surface area contributed by atoms with Crippen molar-refractivity contribution < 1.29 is 0 Å². The second kappa shape index (κ2) is 4.26. The largest absolute Gasteiger partial charge is 0.312 e. The lowest BCUT2D eigenvalue weighted by Crippen LogP contribution is -2.44. The predicted octanol–water partition coefficient (Wildman–Crippen LogP) is 1.36. The number of aryl methyl sites for hydroxylation is 1. The van der Waals surface area contributed by atoms with Crippen LogP contribution in [0.25, 0.3) is 0 Å². The Labute approximate surface area is 73.8 Å². The molecule has 0 aliphatic carbocycles. The van der Waals surface area contributed by atoms with E-state index in [1.54, 1.807) is 0 Å². The maximum absolute atomic E-state index is 4.21. The predicted molar refractivity (Wildman–Crippen MR) is 50.2 cm³/mol. The van der Waals surface area contributed by atoms with Crippen molar-refractivity contribution in [2.24, 2.45) is 0 Å². The number of aromatic nitrogens is 2. The molecule has 1 saturated heterocycles. The second-order valence-electron chi connectivity index (χ2n) is 2.73. The summed E-state index contributed by atoms with van der Waals surface area (Å²) in [5.41, 5.74) is 1.26. The molecular formula is C9H17N3. The van der Waals surface area contributed by atoms with Gasteiger partial charge in [0.2, 0.25) is 0 Å². The van der Waals surface area contributed by atoms with Gasteiger partial charge in [0.1, 0.15) is 0 Å². The van der Waals surface area contributed by atoms with Crippen LogP contribution in [-0.4, -0.2) is 22.9 Å². The zero-order valence-corrected chi connectivity index (χ0v) is 8.04. The number of nitrogens with one attached hydrogen (secondary N) is 1. The summed E-state index contributed by atoms with van der Waals surface area (Å²) in [5, 5.41) is 7.43. The average Bonchev–Trinajstić information content (AvgIpc) is 2.38. The lowest BCUT2D eigenvalue weighted by molar-refractivity contribution is 0.313. The maximum atomic E-state index is 4.21. The molecule has 0 unspecified atom stereocenters. The quantitative estimate of drug-likeness (QED) is 0.684. The molecule has 1 fully saturated rings. The highest BCUT2D eigenvalue weighted by molar-refractivity contribution is 5.00. The fraction of sp³-hybridized carbons (Fsp3) is 0.667. The van der Waals surface area contributed by atoms with Crippen molar-refractivity contribution in [1.82, 2.24) is 15.1 Å². The minimum Gasteiger partial charge on any atom is -0.312 e. The van der Waals surface area contributed by atoms with Gasteiger partial charge in [0.15, 0.2) is 0 Å². The van der Waals surface area contributed by atoms with Crippen LogP contribution in [-0.2, 0) is 0 Å². The summed E-state index contributed by atoms with van der Waals surface area (Å²) in [6.07, 6.45) is 1.85. The highest BCUT2D eigenvalue weighted by Gasteiger charge is 2.19. The Morgan fingerprint density at radius 3 is 2.50 bits per heavy atom. The van der Waals surface area contributed by atoms with Crippen molar-refractivity contribution in [1.29, 1.82) is 0 Å². The lowest BCUT2D eigenvalue weighted by atomic mass is 10.2. The minimum absolute atomic E-state index is 0.606. The Balaban J connectivity index is 0.000000336. The normalized spacial score (nSPS) is 16.2. The molecule has 1 aromatic heterocycles. The summed E-state index contributed by atoms with van der Waals surface area (Å²) < 4.78 is 2.08. The van der Waals surface area contributed by atoms with Gasteiger partial charge >= 0.3 is 0 Å². The third-order valence-electron chi connectivity index (χ3n) is 1.97. The summed E-state index contributed by atoms with van der Waals surface area (Å²) >= 11 is 0. The molecular weight excluding hydrogens is 150 g/mol. The van der Waals surface area contributed by atoms with Crippen LogP contribution < -0.4 is 5.32 Å². The van der Waals surface area contributed by atoms with E-state index in [2.05, 4.69) is 22.0 Å². The van der Waals surface area contributed by atoms with Gasteiger partial charge in [-0.3, -0.25) is 4.68 Å². The molecule has 68 valence electrons. The number of rotatable bonds is 1. The van der Waals surface area contributed by atoms with Crippen molar-refractivity contribution in [3.8, 4) is 0 Å². The topological polar surface area (TPSA) is 29.9 Å². The van der Waals surface area contributed by atoms with E-state index in [9.17, 15) is 0 Å². The summed E-state index contributed by atoms with van der Waals surface area (Å²) in [6, 6.07) is 2.65. The van der Waals surface area contributed by atoms with E-state index < -0.39 is 0 Å².